The van der Waals surface area contributed by atoms with Crippen molar-refractivity contribution in [3.05, 3.63) is 143 Å². The molecule has 0 aromatic heterocycles. The van der Waals surface area contributed by atoms with Crippen LogP contribution in [0.15, 0.2) is 103 Å². The van der Waals surface area contributed by atoms with Crippen LogP contribution in [0.4, 0.5) is 0 Å². The molecule has 4 aromatic rings. The Bertz CT molecular complexity index is 1240. The third-order valence-corrected chi connectivity index (χ3v) is 4.33. The zero-order valence-corrected chi connectivity index (χ0v) is 16.3. The van der Waals surface area contributed by atoms with Crippen molar-refractivity contribution < 1.29 is 0 Å². The van der Waals surface area contributed by atoms with Gasteiger partial charge in [0.05, 0.1) is 5.56 Å². The van der Waals surface area contributed by atoms with E-state index in [1.54, 1.807) is 0 Å². The lowest BCUT2D eigenvalue weighted by atomic mass is 10.0. The summed E-state index contributed by atoms with van der Waals surface area (Å²) in [5.74, 6) is 19.5. The predicted molar refractivity (Wildman–Crippen MR) is 123 cm³/mol. The summed E-state index contributed by atoms with van der Waals surface area (Å²) in [6.45, 7) is 0. The Morgan fingerprint density at radius 1 is 0.400 bits per heavy atom. The molecule has 0 unspecified atom stereocenters. The second-order valence-electron chi connectivity index (χ2n) is 6.51. The maximum absolute atomic E-state index is 3.30. The summed E-state index contributed by atoms with van der Waals surface area (Å²) in [5, 5.41) is 0. The normalized spacial score (nSPS) is 9.20. The van der Waals surface area contributed by atoms with Crippen LogP contribution in [0.3, 0.4) is 0 Å². The minimum atomic E-state index is 0.821. The van der Waals surface area contributed by atoms with Crippen LogP contribution in [0.1, 0.15) is 33.4 Å². The fourth-order valence-corrected chi connectivity index (χ4v) is 2.81. The average Bonchev–Trinajstić information content (AvgIpc) is 2.82. The number of benzene rings is 4. The first-order valence-electron chi connectivity index (χ1n) is 9.64. The molecule has 30 heavy (non-hydrogen) atoms. The molecule has 0 N–H and O–H groups in total. The first-order valence-corrected chi connectivity index (χ1v) is 9.64. The van der Waals surface area contributed by atoms with Crippen molar-refractivity contribution in [1.82, 2.24) is 0 Å². The second kappa shape index (κ2) is 9.66. The van der Waals surface area contributed by atoms with Crippen LogP contribution in [-0.4, -0.2) is 0 Å². The van der Waals surface area contributed by atoms with Crippen LogP contribution in [-0.2, 0) is 0 Å². The highest BCUT2D eigenvalue weighted by molar-refractivity contribution is 5.62. The molecule has 0 heteroatoms. The van der Waals surface area contributed by atoms with Crippen LogP contribution in [0.25, 0.3) is 0 Å². The van der Waals surface area contributed by atoms with Gasteiger partial charge in [-0.3, -0.25) is 0 Å². The Balaban J connectivity index is 1.79. The Morgan fingerprint density at radius 3 is 1.17 bits per heavy atom. The lowest BCUT2D eigenvalue weighted by Crippen LogP contribution is -1.91. The molecule has 4 rings (SSSR count). The van der Waals surface area contributed by atoms with Gasteiger partial charge in [0.15, 0.2) is 0 Å². The monoisotopic (exact) mass is 377 g/mol. The van der Waals surface area contributed by atoms with Crippen molar-refractivity contribution in [2.24, 2.45) is 0 Å². The molecule has 4 aromatic carbocycles. The lowest BCUT2D eigenvalue weighted by Gasteiger charge is -2.01. The van der Waals surface area contributed by atoms with Crippen molar-refractivity contribution in [2.75, 3.05) is 0 Å². The summed E-state index contributed by atoms with van der Waals surface area (Å²) in [6, 6.07) is 36.7. The summed E-state index contributed by atoms with van der Waals surface area (Å²) < 4.78 is 0. The van der Waals surface area contributed by atoms with E-state index in [-0.39, 0.29) is 0 Å². The summed E-state index contributed by atoms with van der Waals surface area (Å²) in [6.07, 6.45) is 0. The largest absolute Gasteiger partial charge is 0.0622 e. The third-order valence-electron chi connectivity index (χ3n) is 4.33. The molecule has 0 atom stereocenters. The van der Waals surface area contributed by atoms with Gasteiger partial charge in [-0.1, -0.05) is 90.1 Å². The standard InChI is InChI=1S/C30H17/c1-4-11-25(12-5-1)19-22-28-17-10-18-29(23-20-26-13-6-2-7-14-26)30(28)24-21-27-15-8-3-9-16-27/h1-9,11-18H. The van der Waals surface area contributed by atoms with E-state index >= 15 is 0 Å². The van der Waals surface area contributed by atoms with Crippen LogP contribution in [0, 0.1) is 41.6 Å². The topological polar surface area (TPSA) is 0 Å². The molecule has 0 amide bonds. The SMILES string of the molecule is C(#Cc1c[c]cc(C#Cc2ccccc2)c1C#Cc1ccccc1)c1ccccc1. The predicted octanol–water partition coefficient (Wildman–Crippen LogP) is 5.69. The third kappa shape index (κ3) is 5.09. The van der Waals surface area contributed by atoms with E-state index in [9.17, 15) is 0 Å². The molecule has 0 spiro atoms. The van der Waals surface area contributed by atoms with E-state index in [0.29, 0.717) is 0 Å². The van der Waals surface area contributed by atoms with Gasteiger partial charge in [-0.25, -0.2) is 0 Å². The van der Waals surface area contributed by atoms with Gasteiger partial charge in [0.2, 0.25) is 0 Å². The van der Waals surface area contributed by atoms with Crippen molar-refractivity contribution in [1.29, 1.82) is 0 Å². The number of rotatable bonds is 0. The summed E-state index contributed by atoms with van der Waals surface area (Å²) in [7, 11) is 0. The fraction of sp³-hybridized carbons (Fsp3) is 0. The highest BCUT2D eigenvalue weighted by atomic mass is 14.0. The minimum Gasteiger partial charge on any atom is -0.0622 e. The molecule has 0 aliphatic rings. The summed E-state index contributed by atoms with van der Waals surface area (Å²) in [5.41, 5.74) is 5.34. The van der Waals surface area contributed by atoms with Gasteiger partial charge in [0.25, 0.3) is 0 Å². The molecule has 0 fully saturated rings. The Hall–Kier alpha value is -4.44. The summed E-state index contributed by atoms with van der Waals surface area (Å²) in [4.78, 5) is 0. The molecule has 0 bridgehead atoms. The Kier molecular flexibility index (Phi) is 6.09. The van der Waals surface area contributed by atoms with Gasteiger partial charge in [-0.15, -0.1) is 0 Å². The molecule has 0 saturated heterocycles. The minimum absolute atomic E-state index is 0.821. The van der Waals surface area contributed by atoms with E-state index in [2.05, 4.69) is 41.6 Å². The van der Waals surface area contributed by atoms with Gasteiger partial charge in [-0.2, -0.15) is 0 Å². The first kappa shape index (κ1) is 18.9. The van der Waals surface area contributed by atoms with E-state index in [0.717, 1.165) is 33.4 Å². The molecular formula is C30H17. The molecular weight excluding hydrogens is 360 g/mol. The van der Waals surface area contributed by atoms with Crippen LogP contribution in [0.2, 0.25) is 0 Å². The average molecular weight is 377 g/mol. The maximum atomic E-state index is 3.30. The smallest absolute Gasteiger partial charge is 0.0562 e. The second-order valence-corrected chi connectivity index (χ2v) is 6.51. The van der Waals surface area contributed by atoms with Crippen molar-refractivity contribution in [2.45, 2.75) is 0 Å². The Morgan fingerprint density at radius 2 is 0.767 bits per heavy atom. The highest BCUT2D eigenvalue weighted by Gasteiger charge is 2.03. The van der Waals surface area contributed by atoms with E-state index in [4.69, 9.17) is 0 Å². The maximum Gasteiger partial charge on any atom is 0.0562 e. The van der Waals surface area contributed by atoms with Crippen molar-refractivity contribution in [3.63, 3.8) is 0 Å². The molecule has 0 aliphatic heterocycles. The lowest BCUT2D eigenvalue weighted by molar-refractivity contribution is 1.52. The Labute approximate surface area is 178 Å². The van der Waals surface area contributed by atoms with E-state index in [1.165, 1.54) is 0 Å². The van der Waals surface area contributed by atoms with Crippen LogP contribution >= 0.6 is 0 Å². The number of hydrogen-bond acceptors (Lipinski definition) is 0. The highest BCUT2D eigenvalue weighted by Crippen LogP contribution is 2.13. The first-order chi connectivity index (χ1) is 14.9. The van der Waals surface area contributed by atoms with Crippen LogP contribution in [0.5, 0.6) is 0 Å². The molecule has 0 heterocycles. The van der Waals surface area contributed by atoms with Crippen molar-refractivity contribution >= 4 is 0 Å². The fourth-order valence-electron chi connectivity index (χ4n) is 2.81. The van der Waals surface area contributed by atoms with Gasteiger partial charge >= 0.3 is 0 Å². The summed E-state index contributed by atoms with van der Waals surface area (Å²) >= 11 is 0. The van der Waals surface area contributed by atoms with Gasteiger partial charge in [-0.05, 0) is 54.6 Å². The van der Waals surface area contributed by atoms with Gasteiger partial charge in [0, 0.05) is 27.8 Å². The number of hydrogen-bond donors (Lipinski definition) is 0. The molecule has 1 radical (unpaired) electrons. The molecule has 137 valence electrons. The van der Waals surface area contributed by atoms with E-state index in [1.807, 2.05) is 103 Å². The van der Waals surface area contributed by atoms with Gasteiger partial charge in [0.1, 0.15) is 0 Å². The molecule has 0 aliphatic carbocycles. The van der Waals surface area contributed by atoms with Crippen LogP contribution < -0.4 is 0 Å². The molecule has 0 nitrogen and oxygen atoms in total. The zero-order valence-electron chi connectivity index (χ0n) is 16.3. The quantitative estimate of drug-likeness (QED) is 0.346. The molecule has 0 saturated carbocycles. The van der Waals surface area contributed by atoms with Gasteiger partial charge < -0.3 is 0 Å². The van der Waals surface area contributed by atoms with Crippen molar-refractivity contribution in [3.8, 4) is 35.5 Å². The van der Waals surface area contributed by atoms with E-state index < -0.39 is 0 Å². The zero-order chi connectivity index (χ0) is 20.4.